The molecular formula is C18H25FN2OS. The van der Waals surface area contributed by atoms with Gasteiger partial charge in [-0.2, -0.15) is 0 Å². The molecule has 2 aromatic rings. The van der Waals surface area contributed by atoms with Gasteiger partial charge < -0.3 is 4.90 Å². The molecule has 3 nitrogen and oxygen atoms in total. The number of likely N-dealkylation sites (tertiary alicyclic amines) is 1. The molecule has 3 rings (SSSR count). The van der Waals surface area contributed by atoms with Crippen LogP contribution in [0.1, 0.15) is 37.7 Å². The first-order valence-corrected chi connectivity index (χ1v) is 9.50. The molecular weight excluding hydrogens is 310 g/mol. The molecule has 0 aliphatic carbocycles. The van der Waals surface area contributed by atoms with E-state index in [1.54, 1.807) is 0 Å². The zero-order chi connectivity index (χ0) is 16.1. The Morgan fingerprint density at radius 2 is 1.87 bits per heavy atom. The molecule has 1 saturated heterocycles. The van der Waals surface area contributed by atoms with Crippen molar-refractivity contribution < 1.29 is 4.39 Å². The number of hydrogen-bond acceptors (Lipinski definition) is 3. The third-order valence-electron chi connectivity index (χ3n) is 4.67. The average molecular weight is 335 g/mol. The van der Waals surface area contributed by atoms with Crippen LogP contribution in [0.5, 0.6) is 0 Å². The van der Waals surface area contributed by atoms with Crippen LogP contribution in [0.4, 0.5) is 4.39 Å². The van der Waals surface area contributed by atoms with Crippen LogP contribution in [0, 0.1) is 0 Å². The number of rotatable bonds is 6. The number of hydrogen-bond donors (Lipinski definition) is 0. The fourth-order valence-corrected chi connectivity index (χ4v) is 4.33. The summed E-state index contributed by atoms with van der Waals surface area (Å²) in [4.78, 5) is 14.9. The molecule has 1 aliphatic rings. The highest BCUT2D eigenvalue weighted by molar-refractivity contribution is 7.16. The number of benzene rings is 1. The van der Waals surface area contributed by atoms with E-state index in [0.29, 0.717) is 6.42 Å². The van der Waals surface area contributed by atoms with Crippen LogP contribution in [-0.4, -0.2) is 35.8 Å². The van der Waals surface area contributed by atoms with Crippen molar-refractivity contribution in [3.05, 3.63) is 33.4 Å². The number of alkyl halides is 1. The maximum Gasteiger partial charge on any atom is 0.308 e. The van der Waals surface area contributed by atoms with Crippen LogP contribution in [0.15, 0.2) is 23.0 Å². The van der Waals surface area contributed by atoms with Gasteiger partial charge in [-0.15, -0.1) is 0 Å². The van der Waals surface area contributed by atoms with Gasteiger partial charge in [0.15, 0.2) is 0 Å². The van der Waals surface area contributed by atoms with Crippen molar-refractivity contribution in [3.8, 4) is 0 Å². The zero-order valence-corrected chi connectivity index (χ0v) is 14.4. The number of aromatic nitrogens is 1. The van der Waals surface area contributed by atoms with E-state index in [1.807, 2.05) is 16.7 Å². The van der Waals surface area contributed by atoms with Crippen molar-refractivity contribution in [3.63, 3.8) is 0 Å². The lowest BCUT2D eigenvalue weighted by atomic mass is 10.1. The Labute approximate surface area is 140 Å². The summed E-state index contributed by atoms with van der Waals surface area (Å²) < 4.78 is 15.2. The lowest BCUT2D eigenvalue weighted by Crippen LogP contribution is -2.30. The highest BCUT2D eigenvalue weighted by Crippen LogP contribution is 2.20. The van der Waals surface area contributed by atoms with E-state index in [-0.39, 0.29) is 11.5 Å². The van der Waals surface area contributed by atoms with E-state index in [1.165, 1.54) is 37.0 Å². The molecule has 23 heavy (non-hydrogen) atoms. The normalized spacial score (nSPS) is 16.7. The van der Waals surface area contributed by atoms with E-state index in [9.17, 15) is 9.18 Å². The maximum atomic E-state index is 12.3. The fraction of sp³-hybridized carbons (Fsp3) is 0.611. The lowest BCUT2D eigenvalue weighted by Gasteiger charge is -2.19. The number of halogens is 1. The first-order chi connectivity index (χ1) is 11.3. The summed E-state index contributed by atoms with van der Waals surface area (Å²) in [5.41, 5.74) is 2.15. The number of nitrogens with zero attached hydrogens (tertiary/aromatic N) is 2. The number of fused-ring (bicyclic) bond motifs is 1. The van der Waals surface area contributed by atoms with Gasteiger partial charge in [0.2, 0.25) is 0 Å². The fourth-order valence-electron chi connectivity index (χ4n) is 3.35. The molecule has 0 spiro atoms. The monoisotopic (exact) mass is 335 g/mol. The van der Waals surface area contributed by atoms with Crippen LogP contribution < -0.4 is 4.87 Å². The number of thiazole rings is 1. The number of aryl methyl sites for hydroxylation is 1. The van der Waals surface area contributed by atoms with Gasteiger partial charge >= 0.3 is 4.87 Å². The standard InChI is InChI=1S/C18H25FN2OS/c19-9-5-6-15-7-8-16-17(14-15)23-18(22)21(16)13-12-20-10-3-1-2-4-11-20/h7-8,14H,1-6,9-13H2/i19-1. The Kier molecular flexibility index (Phi) is 5.84. The van der Waals surface area contributed by atoms with E-state index in [0.717, 1.165) is 48.4 Å². The van der Waals surface area contributed by atoms with Crippen molar-refractivity contribution in [2.75, 3.05) is 26.3 Å². The van der Waals surface area contributed by atoms with Crippen molar-refractivity contribution in [2.45, 2.75) is 45.1 Å². The van der Waals surface area contributed by atoms with Gasteiger partial charge in [0.25, 0.3) is 0 Å². The predicted octanol–water partition coefficient (Wildman–Crippen LogP) is 3.84. The van der Waals surface area contributed by atoms with Crippen LogP contribution in [0.25, 0.3) is 10.2 Å². The molecule has 1 aromatic heterocycles. The molecule has 0 N–H and O–H groups in total. The highest BCUT2D eigenvalue weighted by Gasteiger charge is 2.12. The lowest BCUT2D eigenvalue weighted by molar-refractivity contribution is 0.274. The van der Waals surface area contributed by atoms with Crippen molar-refractivity contribution in [1.82, 2.24) is 9.47 Å². The van der Waals surface area contributed by atoms with Crippen molar-refractivity contribution in [2.24, 2.45) is 0 Å². The van der Waals surface area contributed by atoms with Gasteiger partial charge in [0, 0.05) is 13.1 Å². The molecule has 0 amide bonds. The second-order valence-corrected chi connectivity index (χ2v) is 7.36. The summed E-state index contributed by atoms with van der Waals surface area (Å²) in [6.07, 6.45) is 6.51. The smallest absolute Gasteiger partial charge is 0.302 e. The Bertz CT molecular complexity index is 686. The third kappa shape index (κ3) is 4.21. The first kappa shape index (κ1) is 16.7. The Hall–Kier alpha value is -1.20. The van der Waals surface area contributed by atoms with E-state index in [2.05, 4.69) is 11.0 Å². The van der Waals surface area contributed by atoms with Gasteiger partial charge in [-0.25, -0.2) is 0 Å². The average Bonchev–Trinajstić information content (AvgIpc) is 2.73. The van der Waals surface area contributed by atoms with Crippen LogP contribution in [0.3, 0.4) is 0 Å². The first-order valence-electron chi connectivity index (χ1n) is 8.68. The minimum Gasteiger partial charge on any atom is -0.302 e. The van der Waals surface area contributed by atoms with Gasteiger partial charge in [0.1, 0.15) is 0 Å². The Morgan fingerprint density at radius 3 is 2.61 bits per heavy atom. The summed E-state index contributed by atoms with van der Waals surface area (Å²) in [6.45, 7) is 3.75. The minimum atomic E-state index is -0.287. The summed E-state index contributed by atoms with van der Waals surface area (Å²) in [5, 5.41) is 0. The van der Waals surface area contributed by atoms with Gasteiger partial charge in [-0.1, -0.05) is 30.2 Å². The van der Waals surface area contributed by atoms with Crippen LogP contribution in [0.2, 0.25) is 0 Å². The van der Waals surface area contributed by atoms with Crippen molar-refractivity contribution in [1.29, 1.82) is 0 Å². The molecule has 0 saturated carbocycles. The molecule has 0 unspecified atom stereocenters. The van der Waals surface area contributed by atoms with E-state index in [4.69, 9.17) is 0 Å². The Balaban J connectivity index is 1.72. The molecule has 0 radical (unpaired) electrons. The van der Waals surface area contributed by atoms with Gasteiger partial charge in [-0.05, 0) is 56.5 Å². The molecule has 1 aromatic carbocycles. The molecule has 126 valence electrons. The van der Waals surface area contributed by atoms with E-state index < -0.39 is 0 Å². The second-order valence-electron chi connectivity index (χ2n) is 6.37. The third-order valence-corrected chi connectivity index (χ3v) is 5.61. The minimum absolute atomic E-state index is 0.123. The molecule has 5 heteroatoms. The summed E-state index contributed by atoms with van der Waals surface area (Å²) in [7, 11) is 0. The van der Waals surface area contributed by atoms with Crippen LogP contribution >= 0.6 is 11.3 Å². The summed E-state index contributed by atoms with van der Waals surface area (Å²) >= 11 is 1.31. The zero-order valence-electron chi connectivity index (χ0n) is 13.6. The van der Waals surface area contributed by atoms with E-state index >= 15 is 0 Å². The molecule has 1 fully saturated rings. The topological polar surface area (TPSA) is 25.2 Å². The second kappa shape index (κ2) is 8.06. The van der Waals surface area contributed by atoms with Crippen LogP contribution in [-0.2, 0) is 13.0 Å². The SMILES string of the molecule is O=c1sc2cc(CCC[18F])ccc2n1CCN1CCCCCC1. The maximum absolute atomic E-state index is 12.3. The summed E-state index contributed by atoms with van der Waals surface area (Å²) in [5.74, 6) is 0. The highest BCUT2D eigenvalue weighted by atomic mass is 32.1. The Morgan fingerprint density at radius 1 is 1.09 bits per heavy atom. The molecule has 0 atom stereocenters. The summed E-state index contributed by atoms with van der Waals surface area (Å²) in [6, 6.07) is 6.12. The van der Waals surface area contributed by atoms with Gasteiger partial charge in [-0.3, -0.25) is 13.8 Å². The van der Waals surface area contributed by atoms with Crippen molar-refractivity contribution >= 4 is 21.6 Å². The quantitative estimate of drug-likeness (QED) is 0.801. The molecule has 0 bridgehead atoms. The largest absolute Gasteiger partial charge is 0.308 e. The predicted molar refractivity (Wildman–Crippen MR) is 95.3 cm³/mol. The van der Waals surface area contributed by atoms with Gasteiger partial charge in [0.05, 0.1) is 16.9 Å². The molecule has 2 heterocycles. The molecule has 1 aliphatic heterocycles.